The summed E-state index contributed by atoms with van der Waals surface area (Å²) >= 11 is 1.36. The molecule has 0 unspecified atom stereocenters. The van der Waals surface area contributed by atoms with Crippen LogP contribution in [-0.4, -0.2) is 30.0 Å². The Morgan fingerprint density at radius 1 is 1.28 bits per heavy atom. The maximum absolute atomic E-state index is 12.0. The van der Waals surface area contributed by atoms with Crippen LogP contribution in [0.4, 0.5) is 0 Å². The number of nitrogens with zero attached hydrogens (tertiary/aromatic N) is 2. The van der Waals surface area contributed by atoms with Crippen LogP contribution in [-0.2, 0) is 6.42 Å². The highest BCUT2D eigenvalue weighted by Gasteiger charge is 2.12. The van der Waals surface area contributed by atoms with Crippen molar-refractivity contribution < 1.29 is 14.3 Å². The second-order valence-electron chi connectivity index (χ2n) is 3.50. The lowest BCUT2D eigenvalue weighted by Gasteiger charge is -2.01. The molecule has 0 aliphatic carbocycles. The Hall–Kier alpha value is -1.95. The Morgan fingerprint density at radius 3 is 2.78 bits per heavy atom. The topological polar surface area (TPSA) is 61.3 Å². The molecule has 6 heteroatoms. The second kappa shape index (κ2) is 5.59. The fraction of sp³-hybridized carbons (Fsp3) is 0.250. The number of hydrogen-bond acceptors (Lipinski definition) is 6. The van der Waals surface area contributed by atoms with Gasteiger partial charge in [0.2, 0.25) is 5.88 Å². The van der Waals surface area contributed by atoms with Gasteiger partial charge in [0, 0.05) is 17.5 Å². The summed E-state index contributed by atoms with van der Waals surface area (Å²) in [7, 11) is 3.10. The quantitative estimate of drug-likeness (QED) is 0.773. The Kier molecular flexibility index (Phi) is 3.88. The number of Topliss-reactive ketones (excluding diaryl/α,β-unsaturated/α-hetero) is 1. The molecule has 5 nitrogen and oxygen atoms in total. The molecular weight excluding hydrogens is 252 g/mol. The van der Waals surface area contributed by atoms with Crippen LogP contribution in [0.1, 0.15) is 15.4 Å². The predicted octanol–water partition coefficient (Wildman–Crippen LogP) is 1.98. The smallest absolute Gasteiger partial charge is 0.216 e. The summed E-state index contributed by atoms with van der Waals surface area (Å²) in [5.41, 5.74) is 0.638. The number of methoxy groups -OCH3 is 2. The van der Waals surface area contributed by atoms with Gasteiger partial charge in [-0.25, -0.2) is 9.97 Å². The largest absolute Gasteiger partial charge is 0.496 e. The van der Waals surface area contributed by atoms with Crippen molar-refractivity contribution in [2.75, 3.05) is 14.2 Å². The average Bonchev–Trinajstić information content (AvgIpc) is 2.88. The molecule has 0 radical (unpaired) electrons. The van der Waals surface area contributed by atoms with E-state index < -0.39 is 0 Å². The van der Waals surface area contributed by atoms with Crippen molar-refractivity contribution in [2.24, 2.45) is 0 Å². The Bertz CT molecular complexity index is 554. The molecule has 2 rings (SSSR count). The highest BCUT2D eigenvalue weighted by Crippen LogP contribution is 2.22. The molecule has 0 aliphatic heterocycles. The first-order valence-electron chi connectivity index (χ1n) is 5.23. The van der Waals surface area contributed by atoms with Gasteiger partial charge in [-0.15, -0.1) is 11.3 Å². The maximum atomic E-state index is 12.0. The lowest BCUT2D eigenvalue weighted by molar-refractivity contribution is 0.0995. The third-order valence-corrected chi connectivity index (χ3v) is 3.28. The van der Waals surface area contributed by atoms with Crippen molar-refractivity contribution in [1.29, 1.82) is 0 Å². The molecule has 0 saturated carbocycles. The Morgan fingerprint density at radius 2 is 2.11 bits per heavy atom. The monoisotopic (exact) mass is 264 g/mol. The summed E-state index contributed by atoms with van der Waals surface area (Å²) in [4.78, 5) is 20.6. The third-order valence-electron chi connectivity index (χ3n) is 2.34. The highest BCUT2D eigenvalue weighted by molar-refractivity contribution is 7.12. The lowest BCUT2D eigenvalue weighted by Crippen LogP contribution is -2.04. The zero-order valence-electron chi connectivity index (χ0n) is 10.0. The van der Waals surface area contributed by atoms with Crippen LogP contribution in [0.3, 0.4) is 0 Å². The molecular formula is C12H12N2O3S. The molecule has 0 saturated heterocycles. The number of hydrogen-bond donors (Lipinski definition) is 0. The van der Waals surface area contributed by atoms with E-state index in [4.69, 9.17) is 9.47 Å². The van der Waals surface area contributed by atoms with Gasteiger partial charge < -0.3 is 9.47 Å². The van der Waals surface area contributed by atoms with E-state index in [1.54, 1.807) is 24.6 Å². The summed E-state index contributed by atoms with van der Waals surface area (Å²) in [6.45, 7) is 0. The van der Waals surface area contributed by atoms with E-state index in [0.29, 0.717) is 22.2 Å². The summed E-state index contributed by atoms with van der Waals surface area (Å²) in [6.07, 6.45) is 1.61. The van der Waals surface area contributed by atoms with Gasteiger partial charge in [-0.05, 0) is 0 Å². The lowest BCUT2D eigenvalue weighted by atomic mass is 10.2. The minimum atomic E-state index is 0.00375. The van der Waals surface area contributed by atoms with Gasteiger partial charge in [-0.2, -0.15) is 0 Å². The minimum Gasteiger partial charge on any atom is -0.496 e. The second-order valence-corrected chi connectivity index (χ2v) is 4.41. The van der Waals surface area contributed by atoms with E-state index in [2.05, 4.69) is 9.97 Å². The number of rotatable bonds is 5. The van der Waals surface area contributed by atoms with Crippen molar-refractivity contribution in [3.8, 4) is 11.6 Å². The van der Waals surface area contributed by atoms with Crippen LogP contribution in [0.25, 0.3) is 0 Å². The van der Waals surface area contributed by atoms with E-state index in [1.165, 1.54) is 24.8 Å². The van der Waals surface area contributed by atoms with Gasteiger partial charge in [0.05, 0.1) is 31.2 Å². The molecule has 0 aliphatic rings. The van der Waals surface area contributed by atoms with Crippen molar-refractivity contribution in [3.05, 3.63) is 34.4 Å². The van der Waals surface area contributed by atoms with Crippen molar-refractivity contribution in [3.63, 3.8) is 0 Å². The van der Waals surface area contributed by atoms with Crippen molar-refractivity contribution in [2.45, 2.75) is 6.42 Å². The summed E-state index contributed by atoms with van der Waals surface area (Å²) < 4.78 is 10.0. The molecule has 2 aromatic heterocycles. The average molecular weight is 264 g/mol. The first-order valence-corrected chi connectivity index (χ1v) is 6.11. The molecule has 0 atom stereocenters. The molecule has 0 bridgehead atoms. The first-order chi connectivity index (χ1) is 8.72. The number of carbonyl (C=O) groups excluding carboxylic acids is 1. The molecule has 0 amide bonds. The Balaban J connectivity index is 2.10. The van der Waals surface area contributed by atoms with Crippen LogP contribution in [0.2, 0.25) is 0 Å². The van der Waals surface area contributed by atoms with Gasteiger partial charge in [-0.1, -0.05) is 0 Å². The van der Waals surface area contributed by atoms with Crippen LogP contribution < -0.4 is 9.47 Å². The minimum absolute atomic E-state index is 0.00375. The van der Waals surface area contributed by atoms with Crippen LogP contribution >= 0.6 is 11.3 Å². The standard InChI is InChI=1S/C12H12N2O3S/c1-16-9-5-11(18-6-9)10(15)3-8-4-12(17-2)14-7-13-8/h4-7H,3H2,1-2H3. The molecule has 0 N–H and O–H groups in total. The number of ether oxygens (including phenoxy) is 2. The van der Waals surface area contributed by atoms with Crippen LogP contribution in [0, 0.1) is 0 Å². The predicted molar refractivity (Wildman–Crippen MR) is 67.5 cm³/mol. The summed E-state index contributed by atoms with van der Waals surface area (Å²) in [5.74, 6) is 1.16. The van der Waals surface area contributed by atoms with Crippen molar-refractivity contribution in [1.82, 2.24) is 9.97 Å². The molecule has 0 spiro atoms. The van der Waals surface area contributed by atoms with E-state index >= 15 is 0 Å². The molecule has 0 aromatic carbocycles. The molecule has 18 heavy (non-hydrogen) atoms. The molecule has 94 valence electrons. The van der Waals surface area contributed by atoms with Gasteiger partial charge >= 0.3 is 0 Å². The number of carbonyl (C=O) groups is 1. The van der Waals surface area contributed by atoms with E-state index in [0.717, 1.165) is 0 Å². The van der Waals surface area contributed by atoms with E-state index in [1.807, 2.05) is 0 Å². The zero-order valence-corrected chi connectivity index (χ0v) is 10.9. The van der Waals surface area contributed by atoms with E-state index in [-0.39, 0.29) is 12.2 Å². The number of thiophene rings is 1. The SMILES string of the molecule is COc1csc(C(=O)Cc2cc(OC)ncn2)c1. The summed E-state index contributed by atoms with van der Waals surface area (Å²) in [5, 5.41) is 1.80. The first kappa shape index (κ1) is 12.5. The van der Waals surface area contributed by atoms with E-state index in [9.17, 15) is 4.79 Å². The molecule has 2 aromatic rings. The van der Waals surface area contributed by atoms with Gasteiger partial charge in [0.15, 0.2) is 5.78 Å². The number of aromatic nitrogens is 2. The molecule has 0 fully saturated rings. The van der Waals surface area contributed by atoms with Crippen LogP contribution in [0.15, 0.2) is 23.8 Å². The van der Waals surface area contributed by atoms with Gasteiger partial charge in [-0.3, -0.25) is 4.79 Å². The number of ketones is 1. The fourth-order valence-corrected chi connectivity index (χ4v) is 2.20. The van der Waals surface area contributed by atoms with Crippen molar-refractivity contribution >= 4 is 17.1 Å². The Labute approximate surface area is 108 Å². The third kappa shape index (κ3) is 2.84. The summed E-state index contributed by atoms with van der Waals surface area (Å²) in [6, 6.07) is 3.38. The maximum Gasteiger partial charge on any atom is 0.216 e. The normalized spacial score (nSPS) is 10.1. The highest BCUT2D eigenvalue weighted by atomic mass is 32.1. The molecule has 2 heterocycles. The van der Waals surface area contributed by atoms with Crippen LogP contribution in [0.5, 0.6) is 11.6 Å². The van der Waals surface area contributed by atoms with Gasteiger partial charge in [0.1, 0.15) is 12.1 Å². The fourth-order valence-electron chi connectivity index (χ4n) is 1.41. The zero-order chi connectivity index (χ0) is 13.0. The van der Waals surface area contributed by atoms with Gasteiger partial charge in [0.25, 0.3) is 0 Å².